The molecule has 3 atom stereocenters. The van der Waals surface area contributed by atoms with Gasteiger partial charge in [0.1, 0.15) is 5.75 Å². The van der Waals surface area contributed by atoms with Gasteiger partial charge in [-0.3, -0.25) is 19.7 Å². The molecular formula is C23H29N3O4. The summed E-state index contributed by atoms with van der Waals surface area (Å²) in [5.74, 6) is 0.0294. The molecule has 1 amide bonds. The smallest absolute Gasteiger partial charge is 0.248 e. The number of hydroxylamine groups is 1. The first-order valence-corrected chi connectivity index (χ1v) is 10.9. The molecule has 7 nitrogen and oxygen atoms in total. The predicted molar refractivity (Wildman–Crippen MR) is 111 cm³/mol. The minimum Gasteiger partial charge on any atom is -0.493 e. The molecule has 1 aliphatic carbocycles. The number of hydrogen-bond donors (Lipinski definition) is 3. The Morgan fingerprint density at radius 2 is 2.17 bits per heavy atom. The molecule has 160 valence electrons. The van der Waals surface area contributed by atoms with Crippen molar-refractivity contribution in [1.29, 1.82) is 0 Å². The number of nitrogens with one attached hydrogen (secondary N) is 2. The molecule has 5 rings (SSSR count). The van der Waals surface area contributed by atoms with Gasteiger partial charge in [0.2, 0.25) is 5.91 Å². The molecule has 1 aromatic carbocycles. The van der Waals surface area contributed by atoms with Gasteiger partial charge in [-0.25, -0.2) is 5.48 Å². The summed E-state index contributed by atoms with van der Waals surface area (Å²) >= 11 is 0. The summed E-state index contributed by atoms with van der Waals surface area (Å²) in [6, 6.07) is 5.39. The first-order valence-electron chi connectivity index (χ1n) is 10.9. The average Bonchev–Trinajstić information content (AvgIpc) is 3.33. The Kier molecular flexibility index (Phi) is 4.92. The van der Waals surface area contributed by atoms with Crippen molar-refractivity contribution >= 4 is 17.3 Å². The maximum absolute atomic E-state index is 13.6. The second-order valence-electron chi connectivity index (χ2n) is 9.36. The minimum atomic E-state index is -0.520. The number of likely N-dealkylation sites (N-methyl/N-ethyl adjacent to an activating group) is 1. The molecule has 1 saturated heterocycles. The van der Waals surface area contributed by atoms with Crippen LogP contribution in [0.3, 0.4) is 0 Å². The fourth-order valence-electron chi connectivity index (χ4n) is 5.58. The molecule has 2 fully saturated rings. The highest BCUT2D eigenvalue weighted by Gasteiger charge is 2.55. The number of ether oxygens (including phenoxy) is 1. The monoisotopic (exact) mass is 411 g/mol. The van der Waals surface area contributed by atoms with E-state index in [1.807, 2.05) is 18.0 Å². The Bertz CT molecular complexity index is 908. The molecule has 3 unspecified atom stereocenters. The van der Waals surface area contributed by atoms with Crippen LogP contribution in [0.15, 0.2) is 24.3 Å². The van der Waals surface area contributed by atoms with E-state index >= 15 is 0 Å². The molecule has 3 N–H and O–H groups in total. The third-order valence-corrected chi connectivity index (χ3v) is 7.33. The number of ketones is 1. The van der Waals surface area contributed by atoms with Crippen molar-refractivity contribution in [1.82, 2.24) is 15.7 Å². The molecular weight excluding hydrogens is 382 g/mol. The van der Waals surface area contributed by atoms with Gasteiger partial charge >= 0.3 is 0 Å². The van der Waals surface area contributed by atoms with E-state index in [1.54, 1.807) is 5.48 Å². The number of rotatable bonds is 4. The molecule has 4 aliphatic rings. The SMILES string of the molecule is CN1CC2(CC2)CC(C(=O)NO)C1C(=O)C1CC(c2ccc3c(c2)CCO3)=CCN1. The number of fused-ring (bicyclic) bond motifs is 1. The largest absolute Gasteiger partial charge is 0.493 e. The quantitative estimate of drug-likeness (QED) is 0.514. The second-order valence-corrected chi connectivity index (χ2v) is 9.36. The summed E-state index contributed by atoms with van der Waals surface area (Å²) in [6.45, 7) is 2.18. The van der Waals surface area contributed by atoms with Crippen molar-refractivity contribution in [3.05, 3.63) is 35.4 Å². The van der Waals surface area contributed by atoms with Gasteiger partial charge in [0.25, 0.3) is 0 Å². The van der Waals surface area contributed by atoms with Crippen LogP contribution in [0.2, 0.25) is 0 Å². The van der Waals surface area contributed by atoms with Gasteiger partial charge in [0.15, 0.2) is 5.78 Å². The molecule has 7 heteroatoms. The highest BCUT2D eigenvalue weighted by molar-refractivity contribution is 5.96. The molecule has 3 heterocycles. The zero-order chi connectivity index (χ0) is 20.9. The summed E-state index contributed by atoms with van der Waals surface area (Å²) in [5, 5.41) is 12.6. The van der Waals surface area contributed by atoms with Crippen LogP contribution in [0.5, 0.6) is 5.75 Å². The van der Waals surface area contributed by atoms with Crippen molar-refractivity contribution in [3.63, 3.8) is 0 Å². The van der Waals surface area contributed by atoms with Crippen LogP contribution in [0.4, 0.5) is 0 Å². The maximum Gasteiger partial charge on any atom is 0.248 e. The number of benzene rings is 1. The van der Waals surface area contributed by atoms with E-state index in [0.29, 0.717) is 19.4 Å². The van der Waals surface area contributed by atoms with Gasteiger partial charge < -0.3 is 10.1 Å². The Balaban J connectivity index is 1.35. The Morgan fingerprint density at radius 1 is 1.33 bits per heavy atom. The van der Waals surface area contributed by atoms with Crippen molar-refractivity contribution < 1.29 is 19.5 Å². The molecule has 3 aliphatic heterocycles. The molecule has 1 aromatic rings. The lowest BCUT2D eigenvalue weighted by molar-refractivity contribution is -0.145. The zero-order valence-corrected chi connectivity index (χ0v) is 17.3. The van der Waals surface area contributed by atoms with Crippen LogP contribution in [0, 0.1) is 11.3 Å². The lowest BCUT2D eigenvalue weighted by atomic mass is 9.77. The second kappa shape index (κ2) is 7.48. The summed E-state index contributed by atoms with van der Waals surface area (Å²) in [7, 11) is 1.93. The summed E-state index contributed by atoms with van der Waals surface area (Å²) in [5.41, 5.74) is 5.45. The number of carbonyl (C=O) groups is 2. The van der Waals surface area contributed by atoms with Gasteiger partial charge in [0, 0.05) is 19.5 Å². The average molecular weight is 412 g/mol. The normalized spacial score (nSPS) is 29.7. The number of piperidine rings is 1. The van der Waals surface area contributed by atoms with Crippen LogP contribution >= 0.6 is 0 Å². The third-order valence-electron chi connectivity index (χ3n) is 7.33. The standard InChI is InChI=1S/C23H29N3O4/c1-26-13-23(6-7-23)12-17(22(28)25-29)20(26)21(27)18-11-15(4-8-24-18)14-2-3-19-16(10-14)5-9-30-19/h2-4,10,17-18,20,24,29H,5-9,11-13H2,1H3,(H,25,28). The van der Waals surface area contributed by atoms with Crippen LogP contribution in [0.25, 0.3) is 5.57 Å². The topological polar surface area (TPSA) is 90.9 Å². The fourth-order valence-corrected chi connectivity index (χ4v) is 5.58. The van der Waals surface area contributed by atoms with Crippen molar-refractivity contribution in [3.8, 4) is 5.75 Å². The molecule has 0 bridgehead atoms. The highest BCUT2D eigenvalue weighted by Crippen LogP contribution is 2.54. The van der Waals surface area contributed by atoms with Gasteiger partial charge in [-0.15, -0.1) is 0 Å². The molecule has 0 radical (unpaired) electrons. The molecule has 1 spiro atoms. The van der Waals surface area contributed by atoms with Crippen LogP contribution < -0.4 is 15.5 Å². The van der Waals surface area contributed by atoms with Crippen LogP contribution in [-0.4, -0.2) is 60.6 Å². The van der Waals surface area contributed by atoms with E-state index < -0.39 is 17.9 Å². The Labute approximate surface area is 176 Å². The first kappa shape index (κ1) is 19.7. The minimum absolute atomic E-state index is 0.0386. The maximum atomic E-state index is 13.6. The first-order chi connectivity index (χ1) is 14.5. The van der Waals surface area contributed by atoms with Crippen molar-refractivity contribution in [2.45, 2.75) is 44.2 Å². The summed E-state index contributed by atoms with van der Waals surface area (Å²) in [4.78, 5) is 28.0. The van der Waals surface area contributed by atoms with E-state index in [2.05, 4.69) is 23.5 Å². The zero-order valence-electron chi connectivity index (χ0n) is 17.3. The van der Waals surface area contributed by atoms with E-state index in [4.69, 9.17) is 4.74 Å². The van der Waals surface area contributed by atoms with Crippen LogP contribution in [0.1, 0.15) is 36.8 Å². The van der Waals surface area contributed by atoms with E-state index in [9.17, 15) is 14.8 Å². The number of amides is 1. The fraction of sp³-hybridized carbons (Fsp3) is 0.565. The highest BCUT2D eigenvalue weighted by atomic mass is 16.5. The lowest BCUT2D eigenvalue weighted by Gasteiger charge is -2.43. The number of nitrogens with zero attached hydrogens (tertiary/aromatic N) is 1. The van der Waals surface area contributed by atoms with Crippen LogP contribution in [-0.2, 0) is 16.0 Å². The van der Waals surface area contributed by atoms with E-state index in [1.165, 1.54) is 5.56 Å². The van der Waals surface area contributed by atoms with Gasteiger partial charge in [-0.1, -0.05) is 12.1 Å². The lowest BCUT2D eigenvalue weighted by Crippen LogP contribution is -2.59. The number of carbonyl (C=O) groups excluding carboxylic acids is 2. The molecule has 0 aromatic heterocycles. The van der Waals surface area contributed by atoms with E-state index in [0.717, 1.165) is 49.3 Å². The van der Waals surface area contributed by atoms with E-state index in [-0.39, 0.29) is 17.2 Å². The Morgan fingerprint density at radius 3 is 2.93 bits per heavy atom. The molecule has 1 saturated carbocycles. The van der Waals surface area contributed by atoms with Gasteiger partial charge in [-0.05, 0) is 67.0 Å². The van der Waals surface area contributed by atoms with Gasteiger partial charge in [-0.2, -0.15) is 0 Å². The van der Waals surface area contributed by atoms with Crippen molar-refractivity contribution in [2.75, 3.05) is 26.7 Å². The van der Waals surface area contributed by atoms with Gasteiger partial charge in [0.05, 0.1) is 24.6 Å². The summed E-state index contributed by atoms with van der Waals surface area (Å²) in [6.07, 6.45) is 6.50. The van der Waals surface area contributed by atoms with Crippen molar-refractivity contribution in [2.24, 2.45) is 11.3 Å². The number of likely N-dealkylation sites (tertiary alicyclic amines) is 1. The number of hydrogen-bond acceptors (Lipinski definition) is 6. The summed E-state index contributed by atoms with van der Waals surface area (Å²) < 4.78 is 5.61. The number of Topliss-reactive ketones (excluding diaryl/α,β-unsaturated/α-hetero) is 1. The Hall–Kier alpha value is -2.22. The third kappa shape index (κ3) is 3.45. The molecule has 30 heavy (non-hydrogen) atoms. The predicted octanol–water partition coefficient (Wildman–Crippen LogP) is 1.54.